The van der Waals surface area contributed by atoms with Gasteiger partial charge in [0.15, 0.2) is 0 Å². The molecule has 0 aromatic carbocycles. The van der Waals surface area contributed by atoms with Crippen LogP contribution in [-0.4, -0.2) is 15.8 Å². The van der Waals surface area contributed by atoms with Crippen LogP contribution in [0.5, 0.6) is 11.5 Å². The summed E-state index contributed by atoms with van der Waals surface area (Å²) in [5, 5.41) is 0. The van der Waals surface area contributed by atoms with Crippen LogP contribution in [0.4, 0.5) is 0 Å². The van der Waals surface area contributed by atoms with Crippen molar-refractivity contribution in [1.29, 1.82) is 0 Å². The lowest BCUT2D eigenvalue weighted by Crippen LogP contribution is -2.35. The first-order valence-corrected chi connectivity index (χ1v) is 5.34. The molecule has 2 aromatic rings. The van der Waals surface area contributed by atoms with Crippen LogP contribution in [0.3, 0.4) is 0 Å². The summed E-state index contributed by atoms with van der Waals surface area (Å²) >= 11 is 0. The van der Waals surface area contributed by atoms with Gasteiger partial charge >= 0.3 is 0 Å². The topological polar surface area (TPSA) is 44.2 Å². The third-order valence-corrected chi connectivity index (χ3v) is 2.03. The molecule has 4 heteroatoms. The van der Waals surface area contributed by atoms with E-state index < -0.39 is 5.79 Å². The summed E-state index contributed by atoms with van der Waals surface area (Å²) in [7, 11) is 0. The van der Waals surface area contributed by atoms with Gasteiger partial charge in [0.25, 0.3) is 0 Å². The predicted octanol–water partition coefficient (Wildman–Crippen LogP) is 2.67. The summed E-state index contributed by atoms with van der Waals surface area (Å²) in [5.74, 6) is 0.695. The Kier molecular flexibility index (Phi) is 3.23. The molecule has 0 N–H and O–H groups in total. The number of aromatic nitrogens is 2. The van der Waals surface area contributed by atoms with Crippen LogP contribution in [0.15, 0.2) is 49.1 Å². The van der Waals surface area contributed by atoms with Gasteiger partial charge < -0.3 is 9.47 Å². The van der Waals surface area contributed by atoms with E-state index in [1.807, 2.05) is 13.8 Å². The first kappa shape index (κ1) is 11.4. The van der Waals surface area contributed by atoms with Crippen LogP contribution in [0, 0.1) is 0 Å². The van der Waals surface area contributed by atoms with E-state index in [0.717, 1.165) is 11.5 Å². The van der Waals surface area contributed by atoms with Crippen LogP contribution < -0.4 is 9.47 Å². The fraction of sp³-hybridized carbons (Fsp3) is 0.231. The third kappa shape index (κ3) is 3.45. The Bertz CT molecular complexity index is 414. The lowest BCUT2D eigenvalue weighted by molar-refractivity contribution is -0.0810. The van der Waals surface area contributed by atoms with Gasteiger partial charge in [-0.05, 0) is 24.3 Å². The number of hydrogen-bond donors (Lipinski definition) is 0. The Morgan fingerprint density at radius 1 is 0.765 bits per heavy atom. The maximum Gasteiger partial charge on any atom is 0.245 e. The molecule has 4 nitrogen and oxygen atoms in total. The van der Waals surface area contributed by atoms with E-state index in [-0.39, 0.29) is 0 Å². The molecule has 0 atom stereocenters. The largest absolute Gasteiger partial charge is 0.453 e. The van der Waals surface area contributed by atoms with Crippen LogP contribution in [0.2, 0.25) is 0 Å². The average Bonchev–Trinajstić information content (AvgIpc) is 2.30. The minimum atomic E-state index is -0.747. The second-order valence-electron chi connectivity index (χ2n) is 3.97. The van der Waals surface area contributed by atoms with E-state index in [9.17, 15) is 0 Å². The molecule has 17 heavy (non-hydrogen) atoms. The number of hydrogen-bond acceptors (Lipinski definition) is 4. The zero-order valence-corrected chi connectivity index (χ0v) is 9.83. The van der Waals surface area contributed by atoms with E-state index in [2.05, 4.69) is 9.97 Å². The molecule has 0 saturated carbocycles. The summed E-state index contributed by atoms with van der Waals surface area (Å²) in [6.45, 7) is 3.71. The fourth-order valence-electron chi connectivity index (χ4n) is 1.40. The Labute approximate surface area is 100 Å². The Hall–Kier alpha value is -2.10. The van der Waals surface area contributed by atoms with E-state index in [1.165, 1.54) is 0 Å². The molecule has 0 saturated heterocycles. The molecule has 0 aliphatic carbocycles. The summed E-state index contributed by atoms with van der Waals surface area (Å²) in [6, 6.07) is 7.16. The zero-order valence-electron chi connectivity index (χ0n) is 9.83. The number of nitrogens with zero attached hydrogens (tertiary/aromatic N) is 2. The number of rotatable bonds is 4. The molecule has 2 heterocycles. The Balaban J connectivity index is 2.04. The molecule has 2 aromatic heterocycles. The highest BCUT2D eigenvalue weighted by molar-refractivity contribution is 5.20. The fourth-order valence-corrected chi connectivity index (χ4v) is 1.40. The van der Waals surface area contributed by atoms with Crippen molar-refractivity contribution in [2.24, 2.45) is 0 Å². The number of pyridine rings is 2. The van der Waals surface area contributed by atoms with Gasteiger partial charge in [-0.25, -0.2) is 0 Å². The van der Waals surface area contributed by atoms with Crippen molar-refractivity contribution < 1.29 is 9.47 Å². The van der Waals surface area contributed by atoms with E-state index in [0.29, 0.717) is 0 Å². The highest BCUT2D eigenvalue weighted by Crippen LogP contribution is 2.21. The lowest BCUT2D eigenvalue weighted by Gasteiger charge is -2.27. The first-order valence-electron chi connectivity index (χ1n) is 5.34. The van der Waals surface area contributed by atoms with E-state index >= 15 is 0 Å². The van der Waals surface area contributed by atoms with Gasteiger partial charge in [-0.1, -0.05) is 0 Å². The van der Waals surface area contributed by atoms with Gasteiger partial charge in [-0.3, -0.25) is 9.97 Å². The molecule has 2 rings (SSSR count). The van der Waals surface area contributed by atoms with Gasteiger partial charge in [-0.15, -0.1) is 0 Å². The summed E-state index contributed by atoms with van der Waals surface area (Å²) in [6.07, 6.45) is 6.71. The first-order chi connectivity index (χ1) is 8.16. The van der Waals surface area contributed by atoms with Gasteiger partial charge in [0.1, 0.15) is 11.5 Å². The minimum absolute atomic E-state index is 0.721. The number of ether oxygens (including phenoxy) is 2. The summed E-state index contributed by atoms with van der Waals surface area (Å²) in [4.78, 5) is 7.86. The monoisotopic (exact) mass is 230 g/mol. The molecule has 0 radical (unpaired) electrons. The molecule has 0 unspecified atom stereocenters. The average molecular weight is 230 g/mol. The predicted molar refractivity (Wildman–Crippen MR) is 63.8 cm³/mol. The standard InChI is InChI=1S/C13H14N2O2/c1-13(2,16-11-3-7-14-8-4-11)17-12-5-9-15-10-6-12/h3-10H,1-2H3. The Morgan fingerprint density at radius 2 is 1.12 bits per heavy atom. The smallest absolute Gasteiger partial charge is 0.245 e. The van der Waals surface area contributed by atoms with Crippen molar-refractivity contribution in [3.63, 3.8) is 0 Å². The van der Waals surface area contributed by atoms with Crippen LogP contribution >= 0.6 is 0 Å². The normalized spacial score (nSPS) is 10.9. The lowest BCUT2D eigenvalue weighted by atomic mass is 10.3. The molecule has 0 aliphatic rings. The minimum Gasteiger partial charge on any atom is -0.453 e. The van der Waals surface area contributed by atoms with Gasteiger partial charge in [0, 0.05) is 38.6 Å². The SMILES string of the molecule is CC(C)(Oc1ccncc1)Oc1ccncc1. The van der Waals surface area contributed by atoms with Crippen molar-refractivity contribution in [3.8, 4) is 11.5 Å². The molecule has 0 spiro atoms. The maximum absolute atomic E-state index is 5.72. The second kappa shape index (κ2) is 4.82. The maximum atomic E-state index is 5.72. The van der Waals surface area contributed by atoms with Gasteiger partial charge in [0.2, 0.25) is 5.79 Å². The third-order valence-electron chi connectivity index (χ3n) is 2.03. The van der Waals surface area contributed by atoms with Gasteiger partial charge in [0.05, 0.1) is 0 Å². The van der Waals surface area contributed by atoms with Crippen molar-refractivity contribution in [2.45, 2.75) is 19.6 Å². The Morgan fingerprint density at radius 3 is 1.47 bits per heavy atom. The van der Waals surface area contributed by atoms with E-state index in [4.69, 9.17) is 9.47 Å². The van der Waals surface area contributed by atoms with Crippen molar-refractivity contribution in [1.82, 2.24) is 9.97 Å². The molecular weight excluding hydrogens is 216 g/mol. The molecule has 0 aliphatic heterocycles. The second-order valence-corrected chi connectivity index (χ2v) is 3.97. The zero-order chi connectivity index (χ0) is 12.1. The van der Waals surface area contributed by atoms with Gasteiger partial charge in [-0.2, -0.15) is 0 Å². The molecule has 0 amide bonds. The van der Waals surface area contributed by atoms with Crippen molar-refractivity contribution >= 4 is 0 Å². The highest BCUT2D eigenvalue weighted by Gasteiger charge is 2.21. The van der Waals surface area contributed by atoms with Crippen LogP contribution in [0.1, 0.15) is 13.8 Å². The van der Waals surface area contributed by atoms with E-state index in [1.54, 1.807) is 49.1 Å². The summed E-state index contributed by atoms with van der Waals surface area (Å²) < 4.78 is 11.4. The van der Waals surface area contributed by atoms with Crippen molar-refractivity contribution in [3.05, 3.63) is 49.1 Å². The van der Waals surface area contributed by atoms with Crippen molar-refractivity contribution in [2.75, 3.05) is 0 Å². The van der Waals surface area contributed by atoms with Crippen LogP contribution in [0.25, 0.3) is 0 Å². The quantitative estimate of drug-likeness (QED) is 0.757. The highest BCUT2D eigenvalue weighted by atomic mass is 16.7. The molecular formula is C13H14N2O2. The molecule has 88 valence electrons. The molecule has 0 fully saturated rings. The molecule has 0 bridgehead atoms. The van der Waals surface area contributed by atoms with Crippen LogP contribution in [-0.2, 0) is 0 Å². The summed E-state index contributed by atoms with van der Waals surface area (Å²) in [5.41, 5.74) is 0.